The molecule has 0 aromatic rings. The van der Waals surface area contributed by atoms with Gasteiger partial charge in [0.1, 0.15) is 0 Å². The third-order valence-electron chi connectivity index (χ3n) is 1.62. The smallest absolute Gasteiger partial charge is 0.0149 e. The van der Waals surface area contributed by atoms with Crippen LogP contribution >= 0.6 is 12.6 Å². The van der Waals surface area contributed by atoms with Crippen LogP contribution in [0.15, 0.2) is 22.6 Å². The van der Waals surface area contributed by atoms with Gasteiger partial charge in [-0.15, -0.1) is 12.6 Å². The molecule has 1 rings (SSSR count). The maximum atomic E-state index is 4.36. The van der Waals surface area contributed by atoms with Gasteiger partial charge in [-0.1, -0.05) is 19.1 Å². The lowest BCUT2D eigenvalue weighted by atomic mass is 10.1. The molecule has 0 fully saturated rings. The summed E-state index contributed by atoms with van der Waals surface area (Å²) in [4.78, 5) is 1.28. The first-order valence-electron chi connectivity index (χ1n) is 3.42. The van der Waals surface area contributed by atoms with Crippen LogP contribution in [0, 0.1) is 0 Å². The Morgan fingerprint density at radius 3 is 2.89 bits per heavy atom. The van der Waals surface area contributed by atoms with Crippen LogP contribution in [0.1, 0.15) is 26.2 Å². The lowest BCUT2D eigenvalue weighted by Gasteiger charge is -2.08. The van der Waals surface area contributed by atoms with Crippen LogP contribution < -0.4 is 0 Å². The third kappa shape index (κ3) is 1.62. The molecule has 0 bridgehead atoms. The van der Waals surface area contributed by atoms with Crippen molar-refractivity contribution < 1.29 is 0 Å². The van der Waals surface area contributed by atoms with Crippen molar-refractivity contribution in [2.24, 2.45) is 0 Å². The number of hydrogen-bond acceptors (Lipinski definition) is 1. The quantitative estimate of drug-likeness (QED) is 0.532. The maximum absolute atomic E-state index is 4.36. The molecule has 9 heavy (non-hydrogen) atoms. The predicted octanol–water partition coefficient (Wildman–Crippen LogP) is 2.93. The van der Waals surface area contributed by atoms with Crippen LogP contribution in [0.5, 0.6) is 0 Å². The molecule has 0 atom stereocenters. The van der Waals surface area contributed by atoms with E-state index in [2.05, 4.69) is 31.7 Å². The van der Waals surface area contributed by atoms with Crippen LogP contribution in [-0.2, 0) is 0 Å². The summed E-state index contributed by atoms with van der Waals surface area (Å²) in [6.07, 6.45) is 7.84. The van der Waals surface area contributed by atoms with E-state index in [0.29, 0.717) is 0 Å². The number of hydrogen-bond donors (Lipinski definition) is 1. The fourth-order valence-electron chi connectivity index (χ4n) is 1.02. The van der Waals surface area contributed by atoms with Gasteiger partial charge in [-0.25, -0.2) is 0 Å². The van der Waals surface area contributed by atoms with E-state index in [1.807, 2.05) is 0 Å². The van der Waals surface area contributed by atoms with Crippen molar-refractivity contribution in [3.63, 3.8) is 0 Å². The summed E-state index contributed by atoms with van der Waals surface area (Å²) in [6, 6.07) is 0. The Balaban J connectivity index is 2.72. The van der Waals surface area contributed by atoms with Crippen molar-refractivity contribution in [3.8, 4) is 0 Å². The Morgan fingerprint density at radius 2 is 2.44 bits per heavy atom. The van der Waals surface area contributed by atoms with Crippen LogP contribution in [0.4, 0.5) is 0 Å². The van der Waals surface area contributed by atoms with Gasteiger partial charge in [-0.3, -0.25) is 0 Å². The summed E-state index contributed by atoms with van der Waals surface area (Å²) >= 11 is 4.36. The van der Waals surface area contributed by atoms with Gasteiger partial charge in [0.2, 0.25) is 0 Å². The SMILES string of the molecule is CCC1=C(S)CCC=C1. The van der Waals surface area contributed by atoms with Crippen LogP contribution in [-0.4, -0.2) is 0 Å². The Kier molecular flexibility index (Phi) is 2.40. The highest BCUT2D eigenvalue weighted by atomic mass is 32.1. The second-order valence-corrected chi connectivity index (χ2v) is 2.81. The van der Waals surface area contributed by atoms with E-state index in [1.54, 1.807) is 0 Å². The summed E-state index contributed by atoms with van der Waals surface area (Å²) in [5.74, 6) is 0. The summed E-state index contributed by atoms with van der Waals surface area (Å²) in [5, 5.41) is 0. The topological polar surface area (TPSA) is 0 Å². The lowest BCUT2D eigenvalue weighted by Crippen LogP contribution is -1.87. The monoisotopic (exact) mass is 140 g/mol. The zero-order valence-corrected chi connectivity index (χ0v) is 6.62. The Labute approximate surface area is 62.1 Å². The standard InChI is InChI=1S/C8H12S/c1-2-7-5-3-4-6-8(7)9/h3,5,9H,2,4,6H2,1H3. The molecule has 0 saturated carbocycles. The van der Waals surface area contributed by atoms with Crippen molar-refractivity contribution >= 4 is 12.6 Å². The molecular weight excluding hydrogens is 128 g/mol. The van der Waals surface area contributed by atoms with E-state index in [0.717, 1.165) is 12.8 Å². The number of thiol groups is 1. The molecule has 0 saturated heterocycles. The number of allylic oxidation sites excluding steroid dienone is 4. The van der Waals surface area contributed by atoms with Crippen molar-refractivity contribution in [1.29, 1.82) is 0 Å². The van der Waals surface area contributed by atoms with E-state index in [4.69, 9.17) is 0 Å². The van der Waals surface area contributed by atoms with Crippen LogP contribution in [0.25, 0.3) is 0 Å². The van der Waals surface area contributed by atoms with Crippen molar-refractivity contribution in [3.05, 3.63) is 22.6 Å². The summed E-state index contributed by atoms with van der Waals surface area (Å²) in [7, 11) is 0. The van der Waals surface area contributed by atoms with E-state index < -0.39 is 0 Å². The average Bonchev–Trinajstić information content (AvgIpc) is 1.89. The molecule has 1 heteroatoms. The summed E-state index contributed by atoms with van der Waals surface area (Å²) in [5.41, 5.74) is 1.41. The molecule has 0 radical (unpaired) electrons. The van der Waals surface area contributed by atoms with Gasteiger partial charge < -0.3 is 0 Å². The van der Waals surface area contributed by atoms with Crippen LogP contribution in [0.3, 0.4) is 0 Å². The highest BCUT2D eigenvalue weighted by Crippen LogP contribution is 2.23. The fourth-order valence-corrected chi connectivity index (χ4v) is 1.39. The molecule has 0 aliphatic heterocycles. The van der Waals surface area contributed by atoms with E-state index >= 15 is 0 Å². The van der Waals surface area contributed by atoms with Crippen LogP contribution in [0.2, 0.25) is 0 Å². The molecule has 0 aromatic heterocycles. The minimum atomic E-state index is 1.12. The lowest BCUT2D eigenvalue weighted by molar-refractivity contribution is 0.970. The van der Waals surface area contributed by atoms with Gasteiger partial charge in [0.15, 0.2) is 0 Å². The molecule has 0 nitrogen and oxygen atoms in total. The fraction of sp³-hybridized carbons (Fsp3) is 0.500. The number of rotatable bonds is 1. The Morgan fingerprint density at radius 1 is 1.67 bits per heavy atom. The normalized spacial score (nSPS) is 18.9. The second-order valence-electron chi connectivity index (χ2n) is 2.27. The van der Waals surface area contributed by atoms with E-state index in [1.165, 1.54) is 16.9 Å². The first kappa shape index (κ1) is 6.94. The van der Waals surface area contributed by atoms with Gasteiger partial charge in [0.25, 0.3) is 0 Å². The van der Waals surface area contributed by atoms with E-state index in [-0.39, 0.29) is 0 Å². The highest BCUT2D eigenvalue weighted by molar-refractivity contribution is 7.84. The maximum Gasteiger partial charge on any atom is -0.0149 e. The molecule has 50 valence electrons. The molecular formula is C8H12S. The molecule has 0 amide bonds. The van der Waals surface area contributed by atoms with Gasteiger partial charge in [0, 0.05) is 0 Å². The minimum Gasteiger partial charge on any atom is -0.148 e. The molecule has 0 N–H and O–H groups in total. The van der Waals surface area contributed by atoms with Crippen molar-refractivity contribution in [2.45, 2.75) is 26.2 Å². The summed E-state index contributed by atoms with van der Waals surface area (Å²) in [6.45, 7) is 2.17. The average molecular weight is 140 g/mol. The van der Waals surface area contributed by atoms with Crippen molar-refractivity contribution in [2.75, 3.05) is 0 Å². The highest BCUT2D eigenvalue weighted by Gasteiger charge is 2.00. The zero-order chi connectivity index (χ0) is 6.69. The molecule has 1 aliphatic rings. The van der Waals surface area contributed by atoms with Gasteiger partial charge in [-0.2, -0.15) is 0 Å². The molecule has 0 unspecified atom stereocenters. The molecule has 0 aromatic carbocycles. The third-order valence-corrected chi connectivity index (χ3v) is 2.13. The minimum absolute atomic E-state index is 1.12. The zero-order valence-electron chi connectivity index (χ0n) is 5.72. The van der Waals surface area contributed by atoms with Gasteiger partial charge >= 0.3 is 0 Å². The van der Waals surface area contributed by atoms with Gasteiger partial charge in [-0.05, 0) is 29.7 Å². The predicted molar refractivity (Wildman–Crippen MR) is 44.7 cm³/mol. The largest absolute Gasteiger partial charge is 0.148 e. The Hall–Kier alpha value is -0.170. The second kappa shape index (κ2) is 3.11. The first-order chi connectivity index (χ1) is 4.34. The summed E-state index contributed by atoms with van der Waals surface area (Å²) < 4.78 is 0. The van der Waals surface area contributed by atoms with E-state index in [9.17, 15) is 0 Å². The first-order valence-corrected chi connectivity index (χ1v) is 3.87. The van der Waals surface area contributed by atoms with Crippen molar-refractivity contribution in [1.82, 2.24) is 0 Å². The molecule has 1 aliphatic carbocycles. The Bertz CT molecular complexity index is 154. The molecule has 0 heterocycles. The van der Waals surface area contributed by atoms with Gasteiger partial charge in [0.05, 0.1) is 0 Å². The molecule has 0 spiro atoms.